The van der Waals surface area contributed by atoms with Crippen molar-refractivity contribution in [1.29, 1.82) is 0 Å². The van der Waals surface area contributed by atoms with Gasteiger partial charge >= 0.3 is 0 Å². The van der Waals surface area contributed by atoms with Gasteiger partial charge in [-0.2, -0.15) is 0 Å². The summed E-state index contributed by atoms with van der Waals surface area (Å²) in [5.74, 6) is 0. The molecule has 0 bridgehead atoms. The van der Waals surface area contributed by atoms with Crippen LogP contribution in [0.4, 0.5) is 0 Å². The summed E-state index contributed by atoms with van der Waals surface area (Å²) < 4.78 is 10.7. The average Bonchev–Trinajstić information content (AvgIpc) is 2.22. The lowest BCUT2D eigenvalue weighted by atomic mass is 10.2. The van der Waals surface area contributed by atoms with Crippen molar-refractivity contribution < 1.29 is 19.7 Å². The summed E-state index contributed by atoms with van der Waals surface area (Å²) in [4.78, 5) is 0. The minimum atomic E-state index is -0.541. The van der Waals surface area contributed by atoms with Crippen molar-refractivity contribution in [3.05, 3.63) is 24.3 Å². The Balaban J connectivity index is 4.15. The molecule has 0 fully saturated rings. The molecule has 16 heavy (non-hydrogen) atoms. The fraction of sp³-hybridized carbons (Fsp3) is 0.667. The van der Waals surface area contributed by atoms with Gasteiger partial charge in [0, 0.05) is 0 Å². The highest BCUT2D eigenvalue weighted by molar-refractivity contribution is 4.90. The molecule has 0 aliphatic heterocycles. The van der Waals surface area contributed by atoms with Crippen molar-refractivity contribution in [2.45, 2.75) is 26.1 Å². The summed E-state index contributed by atoms with van der Waals surface area (Å²) in [5, 5.41) is 18.3. The summed E-state index contributed by atoms with van der Waals surface area (Å²) in [5.41, 5.74) is 1.71. The van der Waals surface area contributed by atoms with Gasteiger partial charge < -0.3 is 19.7 Å². The summed E-state index contributed by atoms with van der Waals surface area (Å²) in [7, 11) is 0. The van der Waals surface area contributed by atoms with Crippen molar-refractivity contribution in [3.63, 3.8) is 0 Å². The molecule has 0 aromatic carbocycles. The highest BCUT2D eigenvalue weighted by Crippen LogP contribution is 2.07. The van der Waals surface area contributed by atoms with Crippen molar-refractivity contribution in [1.82, 2.24) is 0 Å². The second kappa shape index (κ2) is 8.47. The van der Waals surface area contributed by atoms with Crippen molar-refractivity contribution in [2.24, 2.45) is 0 Å². The third-order valence-corrected chi connectivity index (χ3v) is 1.86. The monoisotopic (exact) mass is 230 g/mol. The van der Waals surface area contributed by atoms with Crippen LogP contribution in [0.3, 0.4) is 0 Å². The molecule has 0 saturated carbocycles. The largest absolute Gasteiger partial charge is 0.394 e. The van der Waals surface area contributed by atoms with Gasteiger partial charge in [0.15, 0.2) is 0 Å². The minimum Gasteiger partial charge on any atom is -0.394 e. The second-order valence-electron chi connectivity index (χ2n) is 3.98. The quantitative estimate of drug-likeness (QED) is 0.578. The van der Waals surface area contributed by atoms with Crippen LogP contribution in [0.1, 0.15) is 13.8 Å². The number of aliphatic hydroxyl groups is 2. The summed E-state index contributed by atoms with van der Waals surface area (Å²) in [6, 6.07) is 0. The van der Waals surface area contributed by atoms with E-state index in [1.165, 1.54) is 0 Å². The molecule has 0 spiro atoms. The van der Waals surface area contributed by atoms with Crippen LogP contribution in [-0.2, 0) is 9.47 Å². The topological polar surface area (TPSA) is 58.9 Å². The first-order valence-electron chi connectivity index (χ1n) is 5.25. The number of hydrogen-bond acceptors (Lipinski definition) is 4. The van der Waals surface area contributed by atoms with E-state index in [0.717, 1.165) is 11.1 Å². The van der Waals surface area contributed by atoms with Crippen LogP contribution in [0.2, 0.25) is 0 Å². The number of ether oxygens (including phenoxy) is 2. The first kappa shape index (κ1) is 15.3. The summed E-state index contributed by atoms with van der Waals surface area (Å²) >= 11 is 0. The van der Waals surface area contributed by atoms with Gasteiger partial charge in [-0.3, -0.25) is 0 Å². The average molecular weight is 230 g/mol. The molecule has 0 aliphatic carbocycles. The molecule has 4 nitrogen and oxygen atoms in total. The van der Waals surface area contributed by atoms with Crippen LogP contribution in [0, 0.1) is 0 Å². The Morgan fingerprint density at radius 2 is 1.25 bits per heavy atom. The van der Waals surface area contributed by atoms with Gasteiger partial charge in [0.2, 0.25) is 0 Å². The molecule has 94 valence electrons. The van der Waals surface area contributed by atoms with E-state index < -0.39 is 12.2 Å². The van der Waals surface area contributed by atoms with E-state index in [1.54, 1.807) is 0 Å². The van der Waals surface area contributed by atoms with Gasteiger partial charge in [-0.05, 0) is 13.8 Å². The molecule has 0 radical (unpaired) electrons. The maximum Gasteiger partial charge on any atom is 0.109 e. The Morgan fingerprint density at radius 1 is 0.938 bits per heavy atom. The lowest BCUT2D eigenvalue weighted by molar-refractivity contribution is -0.0991. The third kappa shape index (κ3) is 6.74. The lowest BCUT2D eigenvalue weighted by Gasteiger charge is -2.24. The zero-order valence-electron chi connectivity index (χ0n) is 10.1. The Morgan fingerprint density at radius 3 is 1.44 bits per heavy atom. The molecule has 0 saturated heterocycles. The smallest absolute Gasteiger partial charge is 0.109 e. The van der Waals surface area contributed by atoms with Crippen LogP contribution in [0.25, 0.3) is 0 Å². The first-order chi connectivity index (χ1) is 7.51. The van der Waals surface area contributed by atoms with Gasteiger partial charge in [-0.1, -0.05) is 24.3 Å². The fourth-order valence-corrected chi connectivity index (χ4v) is 1.05. The van der Waals surface area contributed by atoms with E-state index in [9.17, 15) is 0 Å². The Labute approximate surface area is 97.2 Å². The highest BCUT2D eigenvalue weighted by atomic mass is 16.6. The number of hydrogen-bond donors (Lipinski definition) is 2. The van der Waals surface area contributed by atoms with E-state index >= 15 is 0 Å². The van der Waals surface area contributed by atoms with Gasteiger partial charge in [0.1, 0.15) is 12.2 Å². The SMILES string of the molecule is C=C(C)COC(CO)C(CO)OCC(=C)C. The predicted octanol–water partition coefficient (Wildman–Crippen LogP) is 0.894. The summed E-state index contributed by atoms with van der Waals surface area (Å²) in [6.07, 6.45) is -1.08. The molecule has 2 N–H and O–H groups in total. The molecule has 0 heterocycles. The maximum absolute atomic E-state index is 9.14. The molecular formula is C12H22O4. The van der Waals surface area contributed by atoms with E-state index in [0.29, 0.717) is 13.2 Å². The van der Waals surface area contributed by atoms with E-state index in [2.05, 4.69) is 13.2 Å². The minimum absolute atomic E-state index is 0.200. The van der Waals surface area contributed by atoms with Crippen LogP contribution < -0.4 is 0 Å². The Kier molecular flexibility index (Phi) is 8.11. The van der Waals surface area contributed by atoms with Crippen LogP contribution in [0.5, 0.6) is 0 Å². The third-order valence-electron chi connectivity index (χ3n) is 1.86. The molecular weight excluding hydrogens is 208 g/mol. The van der Waals surface area contributed by atoms with E-state index in [4.69, 9.17) is 19.7 Å². The van der Waals surface area contributed by atoms with Gasteiger partial charge in [-0.15, -0.1) is 0 Å². The zero-order chi connectivity index (χ0) is 12.6. The van der Waals surface area contributed by atoms with Crippen LogP contribution in [-0.4, -0.2) is 48.8 Å². The molecule has 2 unspecified atom stereocenters. The standard InChI is InChI=1S/C12H22O4/c1-9(2)7-15-11(5-13)12(6-14)16-8-10(3)4/h11-14H,1,3,5-8H2,2,4H3. The van der Waals surface area contributed by atoms with Crippen LogP contribution in [0.15, 0.2) is 24.3 Å². The fourth-order valence-electron chi connectivity index (χ4n) is 1.05. The zero-order valence-corrected chi connectivity index (χ0v) is 10.1. The molecule has 2 atom stereocenters. The van der Waals surface area contributed by atoms with Gasteiger partial charge in [0.05, 0.1) is 26.4 Å². The van der Waals surface area contributed by atoms with Crippen molar-refractivity contribution in [3.8, 4) is 0 Å². The molecule has 0 rings (SSSR count). The van der Waals surface area contributed by atoms with Gasteiger partial charge in [0.25, 0.3) is 0 Å². The summed E-state index contributed by atoms with van der Waals surface area (Å²) in [6.45, 7) is 11.3. The predicted molar refractivity (Wildman–Crippen MR) is 63.3 cm³/mol. The highest BCUT2D eigenvalue weighted by Gasteiger charge is 2.21. The second-order valence-corrected chi connectivity index (χ2v) is 3.98. The number of aliphatic hydroxyl groups excluding tert-OH is 2. The normalized spacial score (nSPS) is 14.5. The molecule has 0 aliphatic rings. The van der Waals surface area contributed by atoms with Crippen LogP contribution >= 0.6 is 0 Å². The first-order valence-corrected chi connectivity index (χ1v) is 5.25. The van der Waals surface area contributed by atoms with E-state index in [1.807, 2.05) is 13.8 Å². The van der Waals surface area contributed by atoms with Crippen molar-refractivity contribution in [2.75, 3.05) is 26.4 Å². The number of rotatable bonds is 9. The molecule has 0 aromatic heterocycles. The Hall–Kier alpha value is -0.680. The molecule has 0 aromatic rings. The molecule has 0 amide bonds. The maximum atomic E-state index is 9.14. The lowest BCUT2D eigenvalue weighted by Crippen LogP contribution is -2.38. The molecule has 4 heteroatoms. The van der Waals surface area contributed by atoms with E-state index in [-0.39, 0.29) is 13.2 Å². The Bertz CT molecular complexity index is 201. The van der Waals surface area contributed by atoms with Gasteiger partial charge in [-0.25, -0.2) is 0 Å². The van der Waals surface area contributed by atoms with Crippen molar-refractivity contribution >= 4 is 0 Å².